The zero-order valence-corrected chi connectivity index (χ0v) is 13.8. The van der Waals surface area contributed by atoms with Crippen LogP contribution in [0.1, 0.15) is 46.0 Å². The minimum absolute atomic E-state index is 0. The van der Waals surface area contributed by atoms with Gasteiger partial charge in [-0.05, 0) is 44.7 Å². The van der Waals surface area contributed by atoms with Crippen LogP contribution in [-0.4, -0.2) is 54.5 Å². The molecule has 2 rings (SSSR count). The summed E-state index contributed by atoms with van der Waals surface area (Å²) in [6.07, 6.45) is 5.99. The Morgan fingerprint density at radius 1 is 1.20 bits per heavy atom. The van der Waals surface area contributed by atoms with Crippen molar-refractivity contribution in [2.24, 2.45) is 11.1 Å². The van der Waals surface area contributed by atoms with Gasteiger partial charge in [-0.3, -0.25) is 9.69 Å². The number of nitrogens with two attached hydrogens (primary N) is 1. The number of hydrogen-bond acceptors (Lipinski definition) is 3. The Labute approximate surface area is 129 Å². The minimum atomic E-state index is 0. The van der Waals surface area contributed by atoms with E-state index in [-0.39, 0.29) is 23.9 Å². The van der Waals surface area contributed by atoms with Crippen LogP contribution in [0.2, 0.25) is 0 Å². The standard InChI is InChI=1S/C15H29N3O.ClH/c1-13(18-10-7-15(2,11-16)12-18)14(19)17-8-5-3-4-6-9-17;/h13H,3-12,16H2,1-2H3;1H. The molecule has 1 amide bonds. The molecule has 0 radical (unpaired) electrons. The maximum atomic E-state index is 12.6. The van der Waals surface area contributed by atoms with E-state index in [4.69, 9.17) is 5.73 Å². The first-order valence-electron chi connectivity index (χ1n) is 7.79. The topological polar surface area (TPSA) is 49.6 Å². The lowest BCUT2D eigenvalue weighted by molar-refractivity contribution is -0.136. The van der Waals surface area contributed by atoms with Crippen molar-refractivity contribution in [3.63, 3.8) is 0 Å². The van der Waals surface area contributed by atoms with Crippen LogP contribution in [0.3, 0.4) is 0 Å². The quantitative estimate of drug-likeness (QED) is 0.866. The van der Waals surface area contributed by atoms with Gasteiger partial charge in [0.25, 0.3) is 0 Å². The van der Waals surface area contributed by atoms with E-state index < -0.39 is 0 Å². The van der Waals surface area contributed by atoms with Crippen molar-refractivity contribution in [2.45, 2.75) is 52.0 Å². The fourth-order valence-electron chi connectivity index (χ4n) is 3.27. The zero-order chi connectivity index (χ0) is 13.9. The summed E-state index contributed by atoms with van der Waals surface area (Å²) in [5.41, 5.74) is 6.05. The highest BCUT2D eigenvalue weighted by Crippen LogP contribution is 2.30. The molecular formula is C15H30ClN3O. The van der Waals surface area contributed by atoms with Crippen LogP contribution in [0.25, 0.3) is 0 Å². The fourth-order valence-corrected chi connectivity index (χ4v) is 3.27. The molecule has 2 atom stereocenters. The lowest BCUT2D eigenvalue weighted by Crippen LogP contribution is -2.47. The van der Waals surface area contributed by atoms with Crippen LogP contribution in [-0.2, 0) is 4.79 Å². The minimum Gasteiger partial charge on any atom is -0.341 e. The molecule has 0 bridgehead atoms. The van der Waals surface area contributed by atoms with Gasteiger partial charge >= 0.3 is 0 Å². The number of amides is 1. The molecule has 0 spiro atoms. The average molecular weight is 304 g/mol. The summed E-state index contributed by atoms with van der Waals surface area (Å²) in [7, 11) is 0. The molecule has 2 heterocycles. The van der Waals surface area contributed by atoms with Gasteiger partial charge in [0.2, 0.25) is 5.91 Å². The van der Waals surface area contributed by atoms with Crippen LogP contribution in [0.4, 0.5) is 0 Å². The van der Waals surface area contributed by atoms with Crippen molar-refractivity contribution in [3.05, 3.63) is 0 Å². The molecule has 20 heavy (non-hydrogen) atoms. The molecule has 2 aliphatic heterocycles. The van der Waals surface area contributed by atoms with Gasteiger partial charge < -0.3 is 10.6 Å². The smallest absolute Gasteiger partial charge is 0.239 e. The molecule has 0 aliphatic carbocycles. The Balaban J connectivity index is 0.00000200. The molecule has 2 unspecified atom stereocenters. The second-order valence-corrected chi connectivity index (χ2v) is 6.65. The van der Waals surface area contributed by atoms with E-state index in [0.717, 1.165) is 32.6 Å². The molecule has 0 aromatic carbocycles. The van der Waals surface area contributed by atoms with Gasteiger partial charge in [-0.15, -0.1) is 12.4 Å². The Hall–Kier alpha value is -0.320. The van der Waals surface area contributed by atoms with E-state index in [2.05, 4.69) is 23.6 Å². The first-order valence-corrected chi connectivity index (χ1v) is 7.79. The van der Waals surface area contributed by atoms with E-state index in [9.17, 15) is 4.79 Å². The number of carbonyl (C=O) groups is 1. The number of likely N-dealkylation sites (tertiary alicyclic amines) is 2. The summed E-state index contributed by atoms with van der Waals surface area (Å²) in [5.74, 6) is 0.322. The summed E-state index contributed by atoms with van der Waals surface area (Å²) in [5, 5.41) is 0. The van der Waals surface area contributed by atoms with Crippen molar-refractivity contribution in [1.29, 1.82) is 0 Å². The highest BCUT2D eigenvalue weighted by molar-refractivity contribution is 5.85. The molecular weight excluding hydrogens is 274 g/mol. The van der Waals surface area contributed by atoms with Crippen LogP contribution in [0.15, 0.2) is 0 Å². The van der Waals surface area contributed by atoms with E-state index in [1.165, 1.54) is 25.7 Å². The van der Waals surface area contributed by atoms with Gasteiger partial charge in [-0.2, -0.15) is 0 Å². The molecule has 0 saturated carbocycles. The monoisotopic (exact) mass is 303 g/mol. The first-order chi connectivity index (χ1) is 9.06. The van der Waals surface area contributed by atoms with Crippen LogP contribution >= 0.6 is 12.4 Å². The van der Waals surface area contributed by atoms with E-state index in [0.29, 0.717) is 12.5 Å². The Bertz CT molecular complexity index is 318. The summed E-state index contributed by atoms with van der Waals surface area (Å²) < 4.78 is 0. The maximum Gasteiger partial charge on any atom is 0.239 e. The van der Waals surface area contributed by atoms with Crippen molar-refractivity contribution in [3.8, 4) is 0 Å². The first kappa shape index (κ1) is 17.7. The SMILES string of the molecule is CC(C(=O)N1CCCCCC1)N1CCC(C)(CN)C1.Cl. The lowest BCUT2D eigenvalue weighted by Gasteiger charge is -2.31. The third-order valence-corrected chi connectivity index (χ3v) is 4.90. The van der Waals surface area contributed by atoms with Crippen LogP contribution in [0, 0.1) is 5.41 Å². The molecule has 118 valence electrons. The van der Waals surface area contributed by atoms with Crippen molar-refractivity contribution < 1.29 is 4.79 Å². The van der Waals surface area contributed by atoms with Gasteiger partial charge in [0.1, 0.15) is 0 Å². The summed E-state index contributed by atoms with van der Waals surface area (Å²) >= 11 is 0. The van der Waals surface area contributed by atoms with Crippen LogP contribution < -0.4 is 5.73 Å². The number of rotatable bonds is 3. The van der Waals surface area contributed by atoms with E-state index >= 15 is 0 Å². The molecule has 4 nitrogen and oxygen atoms in total. The van der Waals surface area contributed by atoms with Crippen LogP contribution in [0.5, 0.6) is 0 Å². The summed E-state index contributed by atoms with van der Waals surface area (Å²) in [4.78, 5) is 17.0. The molecule has 2 saturated heterocycles. The molecule has 0 aromatic heterocycles. The Morgan fingerprint density at radius 3 is 2.30 bits per heavy atom. The number of halogens is 1. The van der Waals surface area contributed by atoms with E-state index in [1.54, 1.807) is 0 Å². The second-order valence-electron chi connectivity index (χ2n) is 6.65. The molecule has 2 N–H and O–H groups in total. The third-order valence-electron chi connectivity index (χ3n) is 4.90. The molecule has 5 heteroatoms. The highest BCUT2D eigenvalue weighted by atomic mass is 35.5. The zero-order valence-electron chi connectivity index (χ0n) is 12.9. The van der Waals surface area contributed by atoms with Gasteiger partial charge in [0, 0.05) is 19.6 Å². The van der Waals surface area contributed by atoms with Gasteiger partial charge in [-0.25, -0.2) is 0 Å². The Kier molecular flexibility index (Phi) is 6.76. The van der Waals surface area contributed by atoms with Crippen molar-refractivity contribution in [2.75, 3.05) is 32.7 Å². The Morgan fingerprint density at radius 2 is 1.80 bits per heavy atom. The third kappa shape index (κ3) is 4.09. The van der Waals surface area contributed by atoms with Gasteiger partial charge in [-0.1, -0.05) is 19.8 Å². The average Bonchev–Trinajstić information content (AvgIpc) is 2.65. The number of carbonyl (C=O) groups excluding carboxylic acids is 1. The largest absolute Gasteiger partial charge is 0.341 e. The maximum absolute atomic E-state index is 12.6. The van der Waals surface area contributed by atoms with Gasteiger partial charge in [0.05, 0.1) is 6.04 Å². The second kappa shape index (κ2) is 7.62. The predicted molar refractivity (Wildman–Crippen MR) is 85.1 cm³/mol. The van der Waals surface area contributed by atoms with E-state index in [1.807, 2.05) is 0 Å². The van der Waals surface area contributed by atoms with Crippen molar-refractivity contribution >= 4 is 18.3 Å². The fraction of sp³-hybridized carbons (Fsp3) is 0.933. The normalized spacial score (nSPS) is 29.6. The number of nitrogens with zero attached hydrogens (tertiary/aromatic N) is 2. The summed E-state index contributed by atoms with van der Waals surface area (Å²) in [6.45, 7) is 8.88. The summed E-state index contributed by atoms with van der Waals surface area (Å²) in [6, 6.07) is 0.0199. The van der Waals surface area contributed by atoms with Gasteiger partial charge in [0.15, 0.2) is 0 Å². The number of hydrogen-bond donors (Lipinski definition) is 1. The highest BCUT2D eigenvalue weighted by Gasteiger charge is 2.37. The lowest BCUT2D eigenvalue weighted by atomic mass is 9.90. The molecule has 2 fully saturated rings. The predicted octanol–water partition coefficient (Wildman–Crippen LogP) is 1.87. The molecule has 0 aromatic rings. The van der Waals surface area contributed by atoms with Crippen molar-refractivity contribution in [1.82, 2.24) is 9.80 Å². The molecule has 2 aliphatic rings.